The lowest BCUT2D eigenvalue weighted by Gasteiger charge is -2.25. The Kier molecular flexibility index (Phi) is 7.07. The number of rotatable bonds is 4. The molecule has 2 aliphatic rings. The van der Waals surface area contributed by atoms with Crippen LogP contribution in [0.3, 0.4) is 0 Å². The average molecular weight is 728 g/mol. The number of aromatic nitrogens is 3. The van der Waals surface area contributed by atoms with E-state index >= 15 is 0 Å². The van der Waals surface area contributed by atoms with Gasteiger partial charge in [0.2, 0.25) is 5.95 Å². The Morgan fingerprint density at radius 1 is 0.463 bits per heavy atom. The van der Waals surface area contributed by atoms with Crippen molar-refractivity contribution in [2.45, 2.75) is 38.8 Å². The predicted octanol–water partition coefficient (Wildman–Crippen LogP) is 13.5. The van der Waals surface area contributed by atoms with E-state index in [9.17, 15) is 0 Å². The normalized spacial score (nSPS) is 13.7. The highest BCUT2D eigenvalue weighted by Gasteiger charge is 2.38. The van der Waals surface area contributed by atoms with Crippen LogP contribution in [0.5, 0.6) is 0 Å². The highest BCUT2D eigenvalue weighted by molar-refractivity contribution is 8.05. The molecule has 0 unspecified atom stereocenters. The van der Waals surface area contributed by atoms with Crippen LogP contribution in [0.25, 0.3) is 72.5 Å². The average Bonchev–Trinajstić information content (AvgIpc) is 3.68. The van der Waals surface area contributed by atoms with Gasteiger partial charge in [-0.3, -0.25) is 4.57 Å². The molecule has 11 rings (SSSR count). The Hall–Kier alpha value is -5.88. The Morgan fingerprint density at radius 3 is 1.89 bits per heavy atom. The number of hydrogen-bond donors (Lipinski definition) is 0. The maximum atomic E-state index is 5.23. The van der Waals surface area contributed by atoms with Crippen LogP contribution in [-0.2, 0) is 5.41 Å². The molecule has 3 heterocycles. The summed E-state index contributed by atoms with van der Waals surface area (Å²) in [5.41, 5.74) is 14.1. The molecule has 0 amide bonds. The molecule has 0 atom stereocenters. The maximum absolute atomic E-state index is 5.23. The van der Waals surface area contributed by atoms with Gasteiger partial charge in [-0.25, -0.2) is 9.97 Å². The molecule has 3 nitrogen and oxygen atoms in total. The van der Waals surface area contributed by atoms with Crippen LogP contribution in [0.15, 0.2) is 183 Å². The zero-order chi connectivity index (χ0) is 36.0. The predicted molar refractivity (Wildman–Crippen MR) is 225 cm³/mol. The van der Waals surface area contributed by atoms with Crippen molar-refractivity contribution in [2.75, 3.05) is 0 Å². The minimum absolute atomic E-state index is 0.0303. The van der Waals surface area contributed by atoms with Crippen molar-refractivity contribution in [1.82, 2.24) is 14.5 Å². The molecule has 0 saturated carbocycles. The highest BCUT2D eigenvalue weighted by Crippen LogP contribution is 2.60. The third kappa shape index (κ3) is 4.78. The van der Waals surface area contributed by atoms with Gasteiger partial charge < -0.3 is 0 Å². The zero-order valence-corrected chi connectivity index (χ0v) is 31.4. The minimum atomic E-state index is -0.0303. The van der Waals surface area contributed by atoms with E-state index in [0.29, 0.717) is 5.95 Å². The molecule has 256 valence electrons. The monoisotopic (exact) mass is 727 g/mol. The largest absolute Gasteiger partial charge is 0.278 e. The van der Waals surface area contributed by atoms with Gasteiger partial charge in [-0.1, -0.05) is 165 Å². The lowest BCUT2D eigenvalue weighted by Crippen LogP contribution is -2.14. The lowest BCUT2D eigenvalue weighted by atomic mass is 9.82. The van der Waals surface area contributed by atoms with Crippen LogP contribution >= 0.6 is 23.5 Å². The summed E-state index contributed by atoms with van der Waals surface area (Å²) in [5, 5.41) is 2.36. The molecular weight excluding hydrogens is 695 g/mol. The molecule has 2 aromatic heterocycles. The van der Waals surface area contributed by atoms with E-state index in [1.165, 1.54) is 63.7 Å². The van der Waals surface area contributed by atoms with E-state index in [0.717, 1.165) is 33.5 Å². The first kappa shape index (κ1) is 31.6. The van der Waals surface area contributed by atoms with Crippen molar-refractivity contribution in [2.24, 2.45) is 0 Å². The third-order valence-corrected chi connectivity index (χ3v) is 13.8. The minimum Gasteiger partial charge on any atom is -0.278 e. The Bertz CT molecular complexity index is 2910. The van der Waals surface area contributed by atoms with Gasteiger partial charge in [-0.15, -0.1) is 0 Å². The molecule has 9 aromatic rings. The van der Waals surface area contributed by atoms with E-state index in [-0.39, 0.29) is 5.41 Å². The van der Waals surface area contributed by atoms with Crippen LogP contribution in [0.2, 0.25) is 0 Å². The van der Waals surface area contributed by atoms with Crippen molar-refractivity contribution in [3.8, 4) is 50.7 Å². The van der Waals surface area contributed by atoms with E-state index in [4.69, 9.17) is 9.97 Å². The van der Waals surface area contributed by atoms with Gasteiger partial charge >= 0.3 is 0 Å². The van der Waals surface area contributed by atoms with Crippen molar-refractivity contribution >= 4 is 45.3 Å². The van der Waals surface area contributed by atoms with Crippen LogP contribution in [0, 0.1) is 0 Å². The molecule has 0 N–H and O–H groups in total. The maximum Gasteiger partial charge on any atom is 0.235 e. The van der Waals surface area contributed by atoms with Crippen LogP contribution in [0.1, 0.15) is 25.0 Å². The summed E-state index contributed by atoms with van der Waals surface area (Å²) in [6.07, 6.45) is 0. The molecule has 54 heavy (non-hydrogen) atoms. The van der Waals surface area contributed by atoms with Crippen molar-refractivity contribution in [3.63, 3.8) is 0 Å². The summed E-state index contributed by atoms with van der Waals surface area (Å²) in [6, 6.07) is 58.9. The number of fused-ring (bicyclic) bond motifs is 9. The summed E-state index contributed by atoms with van der Waals surface area (Å²) in [7, 11) is 0. The fraction of sp³-hybridized carbons (Fsp3) is 0.0612. The first-order valence-electron chi connectivity index (χ1n) is 18.3. The number of benzene rings is 7. The molecule has 0 fully saturated rings. The molecule has 0 bridgehead atoms. The summed E-state index contributed by atoms with van der Waals surface area (Å²) >= 11 is 3.83. The van der Waals surface area contributed by atoms with E-state index in [2.05, 4.69) is 170 Å². The fourth-order valence-electron chi connectivity index (χ4n) is 8.48. The Labute approximate surface area is 322 Å². The van der Waals surface area contributed by atoms with Gasteiger partial charge in [0.05, 0.1) is 22.4 Å². The third-order valence-electron chi connectivity index (χ3n) is 11.1. The smallest absolute Gasteiger partial charge is 0.235 e. The van der Waals surface area contributed by atoms with Gasteiger partial charge in [0, 0.05) is 52.5 Å². The second kappa shape index (κ2) is 12.1. The summed E-state index contributed by atoms with van der Waals surface area (Å²) < 4.78 is 2.23. The first-order chi connectivity index (χ1) is 26.5. The summed E-state index contributed by atoms with van der Waals surface area (Å²) in [4.78, 5) is 15.8. The number of para-hydroxylation sites is 1. The second-order valence-corrected chi connectivity index (χ2v) is 16.7. The van der Waals surface area contributed by atoms with Gasteiger partial charge in [-0.05, 0) is 64.2 Å². The number of nitrogens with zero attached hydrogens (tertiary/aromatic N) is 3. The standard InChI is InChI=1S/C49H33N3S2/c1-49(2)37-21-11-9-19-35(37)45-38(49)25-27-44-47(45)54-46-33(20-13-23-43(46)53-44)32-24-26-42-36(28-32)34-18-10-12-22-41(34)52(42)48-50-39(30-14-5-3-6-15-30)29-40(51-48)31-16-7-4-8-17-31/h3-29H,1-2H3. The summed E-state index contributed by atoms with van der Waals surface area (Å²) in [5.74, 6) is 0.659. The highest BCUT2D eigenvalue weighted by atomic mass is 32.2. The molecule has 0 spiro atoms. The molecular formula is C49H33N3S2. The van der Waals surface area contributed by atoms with Gasteiger partial charge in [0.1, 0.15) is 0 Å². The van der Waals surface area contributed by atoms with E-state index in [1.807, 2.05) is 35.7 Å². The van der Waals surface area contributed by atoms with Crippen molar-refractivity contribution in [1.29, 1.82) is 0 Å². The molecule has 5 heteroatoms. The topological polar surface area (TPSA) is 30.7 Å². The Morgan fingerprint density at radius 2 is 1.11 bits per heavy atom. The van der Waals surface area contributed by atoms with Gasteiger partial charge in [-0.2, -0.15) is 0 Å². The Balaban J connectivity index is 1.08. The molecule has 7 aromatic carbocycles. The fourth-order valence-corrected chi connectivity index (χ4v) is 11.1. The summed E-state index contributed by atoms with van der Waals surface area (Å²) in [6.45, 7) is 4.72. The van der Waals surface area contributed by atoms with Crippen LogP contribution in [-0.4, -0.2) is 14.5 Å². The van der Waals surface area contributed by atoms with E-state index in [1.54, 1.807) is 0 Å². The molecule has 0 saturated heterocycles. The van der Waals surface area contributed by atoms with Crippen LogP contribution in [0.4, 0.5) is 0 Å². The van der Waals surface area contributed by atoms with E-state index < -0.39 is 0 Å². The first-order valence-corrected chi connectivity index (χ1v) is 20.0. The van der Waals surface area contributed by atoms with Gasteiger partial charge in [0.25, 0.3) is 0 Å². The zero-order valence-electron chi connectivity index (χ0n) is 29.7. The quantitative estimate of drug-likeness (QED) is 0.181. The molecule has 0 radical (unpaired) electrons. The van der Waals surface area contributed by atoms with Crippen LogP contribution < -0.4 is 0 Å². The van der Waals surface area contributed by atoms with Gasteiger partial charge in [0.15, 0.2) is 0 Å². The SMILES string of the molecule is CC1(C)c2ccccc2-c2c1ccc1c2Sc2c(cccc2-c2ccc3c(c2)c2ccccc2n3-c2nc(-c3ccccc3)cc(-c3ccccc3)n2)S1. The second-order valence-electron chi connectivity index (χ2n) is 14.6. The molecule has 1 aliphatic carbocycles. The number of hydrogen-bond acceptors (Lipinski definition) is 4. The van der Waals surface area contributed by atoms with Crippen molar-refractivity contribution < 1.29 is 0 Å². The van der Waals surface area contributed by atoms with Crippen molar-refractivity contribution in [3.05, 3.63) is 175 Å². The lowest BCUT2D eigenvalue weighted by molar-refractivity contribution is 0.659. The molecule has 1 aliphatic heterocycles.